The molecule has 1 N–H and O–H groups in total. The summed E-state index contributed by atoms with van der Waals surface area (Å²) in [4.78, 5) is 14.8. The molecule has 0 bridgehead atoms. The van der Waals surface area contributed by atoms with Crippen molar-refractivity contribution in [1.82, 2.24) is 15.2 Å². The van der Waals surface area contributed by atoms with Crippen LogP contribution in [0.4, 0.5) is 0 Å². The minimum atomic E-state index is 0.514. The second-order valence-electron chi connectivity index (χ2n) is 2.68. The van der Waals surface area contributed by atoms with Crippen molar-refractivity contribution < 1.29 is 4.79 Å². The lowest BCUT2D eigenvalue weighted by Gasteiger charge is -1.97. The van der Waals surface area contributed by atoms with Gasteiger partial charge in [-0.05, 0) is 28.1 Å². The first-order valence-corrected chi connectivity index (χ1v) is 4.71. The third-order valence-corrected chi connectivity index (χ3v) is 2.25. The molecule has 5 heteroatoms. The molecule has 0 saturated carbocycles. The molecule has 2 heterocycles. The van der Waals surface area contributed by atoms with E-state index >= 15 is 0 Å². The summed E-state index contributed by atoms with van der Waals surface area (Å²) in [7, 11) is 0. The van der Waals surface area contributed by atoms with Crippen LogP contribution in [0, 0.1) is 0 Å². The summed E-state index contributed by atoms with van der Waals surface area (Å²) in [6.07, 6.45) is 3.90. The third kappa shape index (κ3) is 1.58. The predicted octanol–water partition coefficient (Wildman–Crippen LogP) is 2.05. The van der Waals surface area contributed by atoms with Gasteiger partial charge in [-0.2, -0.15) is 5.10 Å². The number of nitrogens with zero attached hydrogens (tertiary/aromatic N) is 2. The minimum absolute atomic E-state index is 0.514. The lowest BCUT2D eigenvalue weighted by Crippen LogP contribution is -1.87. The van der Waals surface area contributed by atoms with E-state index in [0.717, 1.165) is 10.8 Å². The van der Waals surface area contributed by atoms with E-state index in [2.05, 4.69) is 31.1 Å². The van der Waals surface area contributed by atoms with Gasteiger partial charge in [0.25, 0.3) is 0 Å². The Kier molecular flexibility index (Phi) is 2.41. The van der Waals surface area contributed by atoms with Crippen molar-refractivity contribution in [2.75, 3.05) is 0 Å². The number of hydrogen-bond acceptors (Lipinski definition) is 3. The molecular weight excluding hydrogens is 246 g/mol. The molecule has 70 valence electrons. The molecule has 2 rings (SSSR count). The van der Waals surface area contributed by atoms with Gasteiger partial charge in [-0.25, -0.2) is 0 Å². The van der Waals surface area contributed by atoms with Crippen LogP contribution >= 0.6 is 15.9 Å². The summed E-state index contributed by atoms with van der Waals surface area (Å²) in [5.41, 5.74) is 1.86. The highest BCUT2D eigenvalue weighted by Crippen LogP contribution is 2.18. The first-order chi connectivity index (χ1) is 6.81. The van der Waals surface area contributed by atoms with E-state index in [1.54, 1.807) is 6.20 Å². The Morgan fingerprint density at radius 3 is 2.86 bits per heavy atom. The molecule has 14 heavy (non-hydrogen) atoms. The highest BCUT2D eigenvalue weighted by Gasteiger charge is 2.07. The summed E-state index contributed by atoms with van der Waals surface area (Å²) in [6.45, 7) is 0. The Hall–Kier alpha value is -1.49. The van der Waals surface area contributed by atoms with E-state index in [-0.39, 0.29) is 0 Å². The number of aromatic nitrogens is 3. The molecule has 2 aromatic rings. The molecule has 0 spiro atoms. The number of halogens is 1. The SMILES string of the molecule is O=Cc1cn[nH]c1-c1ccc(Br)cn1. The summed E-state index contributed by atoms with van der Waals surface area (Å²) in [5, 5.41) is 6.52. The fraction of sp³-hybridized carbons (Fsp3) is 0. The number of hydrogen-bond donors (Lipinski definition) is 1. The van der Waals surface area contributed by atoms with E-state index in [9.17, 15) is 4.79 Å². The molecule has 0 saturated heterocycles. The molecule has 0 aliphatic rings. The van der Waals surface area contributed by atoms with Crippen molar-refractivity contribution in [1.29, 1.82) is 0 Å². The average molecular weight is 252 g/mol. The molecule has 0 unspecified atom stereocenters. The van der Waals surface area contributed by atoms with Crippen LogP contribution in [-0.2, 0) is 0 Å². The predicted molar refractivity (Wildman–Crippen MR) is 54.9 cm³/mol. The largest absolute Gasteiger partial charge is 0.298 e. The quantitative estimate of drug-likeness (QED) is 0.832. The maximum atomic E-state index is 10.6. The van der Waals surface area contributed by atoms with Gasteiger partial charge in [0.2, 0.25) is 0 Å². The molecule has 0 radical (unpaired) electrons. The highest BCUT2D eigenvalue weighted by atomic mass is 79.9. The Bertz CT molecular complexity index is 449. The second-order valence-corrected chi connectivity index (χ2v) is 3.60. The van der Waals surface area contributed by atoms with Crippen LogP contribution in [0.25, 0.3) is 11.4 Å². The zero-order valence-corrected chi connectivity index (χ0v) is 8.65. The first-order valence-electron chi connectivity index (χ1n) is 3.92. The van der Waals surface area contributed by atoms with Crippen molar-refractivity contribution in [2.24, 2.45) is 0 Å². The summed E-state index contributed by atoms with van der Waals surface area (Å²) in [6, 6.07) is 3.67. The number of carbonyl (C=O) groups excluding carboxylic acids is 1. The van der Waals surface area contributed by atoms with Gasteiger partial charge in [-0.15, -0.1) is 0 Å². The van der Waals surface area contributed by atoms with Crippen LogP contribution in [0.3, 0.4) is 0 Å². The van der Waals surface area contributed by atoms with E-state index in [0.29, 0.717) is 17.0 Å². The van der Waals surface area contributed by atoms with Crippen LogP contribution in [0.5, 0.6) is 0 Å². The van der Waals surface area contributed by atoms with Gasteiger partial charge < -0.3 is 0 Å². The van der Waals surface area contributed by atoms with Crippen LogP contribution in [0.1, 0.15) is 10.4 Å². The molecule has 0 atom stereocenters. The van der Waals surface area contributed by atoms with Gasteiger partial charge in [0.15, 0.2) is 6.29 Å². The molecule has 0 aliphatic heterocycles. The van der Waals surface area contributed by atoms with Crippen LogP contribution in [0.2, 0.25) is 0 Å². The Morgan fingerprint density at radius 1 is 1.36 bits per heavy atom. The maximum absolute atomic E-state index is 10.6. The van der Waals surface area contributed by atoms with Gasteiger partial charge in [0, 0.05) is 10.7 Å². The van der Waals surface area contributed by atoms with Crippen LogP contribution < -0.4 is 0 Å². The molecule has 2 aromatic heterocycles. The minimum Gasteiger partial charge on any atom is -0.298 e. The summed E-state index contributed by atoms with van der Waals surface area (Å²) >= 11 is 3.29. The average Bonchev–Trinajstić information content (AvgIpc) is 2.67. The number of aromatic amines is 1. The van der Waals surface area contributed by atoms with Crippen molar-refractivity contribution >= 4 is 22.2 Å². The van der Waals surface area contributed by atoms with Gasteiger partial charge in [0.05, 0.1) is 23.1 Å². The molecule has 0 aromatic carbocycles. The first kappa shape index (κ1) is 9.08. The van der Waals surface area contributed by atoms with Crippen molar-refractivity contribution in [3.63, 3.8) is 0 Å². The third-order valence-electron chi connectivity index (χ3n) is 1.78. The van der Waals surface area contributed by atoms with Gasteiger partial charge >= 0.3 is 0 Å². The number of pyridine rings is 1. The van der Waals surface area contributed by atoms with Gasteiger partial charge in [-0.1, -0.05) is 0 Å². The van der Waals surface area contributed by atoms with Crippen LogP contribution in [0.15, 0.2) is 29.0 Å². The Morgan fingerprint density at radius 2 is 2.21 bits per heavy atom. The second kappa shape index (κ2) is 3.71. The molecule has 4 nitrogen and oxygen atoms in total. The van der Waals surface area contributed by atoms with Gasteiger partial charge in [-0.3, -0.25) is 14.9 Å². The van der Waals surface area contributed by atoms with E-state index in [1.807, 2.05) is 12.1 Å². The number of H-pyrrole nitrogens is 1. The maximum Gasteiger partial charge on any atom is 0.153 e. The molecule has 0 fully saturated rings. The van der Waals surface area contributed by atoms with Crippen LogP contribution in [-0.4, -0.2) is 21.5 Å². The lowest BCUT2D eigenvalue weighted by molar-refractivity contribution is 0.112. The topological polar surface area (TPSA) is 58.6 Å². The molecule has 0 aliphatic carbocycles. The summed E-state index contributed by atoms with van der Waals surface area (Å²) < 4.78 is 0.897. The zero-order valence-electron chi connectivity index (χ0n) is 7.07. The number of nitrogens with one attached hydrogen (secondary N) is 1. The highest BCUT2D eigenvalue weighted by molar-refractivity contribution is 9.10. The smallest absolute Gasteiger partial charge is 0.153 e. The van der Waals surface area contributed by atoms with E-state index in [4.69, 9.17) is 0 Å². The van der Waals surface area contributed by atoms with Crippen molar-refractivity contribution in [3.05, 3.63) is 34.6 Å². The monoisotopic (exact) mass is 251 g/mol. The van der Waals surface area contributed by atoms with E-state index in [1.165, 1.54) is 6.20 Å². The van der Waals surface area contributed by atoms with Crippen molar-refractivity contribution in [3.8, 4) is 11.4 Å². The normalized spacial score (nSPS) is 10.1. The van der Waals surface area contributed by atoms with Gasteiger partial charge in [0.1, 0.15) is 0 Å². The van der Waals surface area contributed by atoms with Crippen molar-refractivity contribution in [2.45, 2.75) is 0 Å². The van der Waals surface area contributed by atoms with E-state index < -0.39 is 0 Å². The Labute approximate surface area is 88.5 Å². The zero-order chi connectivity index (χ0) is 9.97. The number of carbonyl (C=O) groups is 1. The summed E-state index contributed by atoms with van der Waals surface area (Å²) in [5.74, 6) is 0. The number of aldehydes is 1. The molecule has 0 amide bonds. The fourth-order valence-electron chi connectivity index (χ4n) is 1.11. The lowest BCUT2D eigenvalue weighted by atomic mass is 10.2. The molecular formula is C9H6BrN3O. The Balaban J connectivity index is 2.49. The fourth-order valence-corrected chi connectivity index (χ4v) is 1.35. The number of rotatable bonds is 2. The standard InChI is InChI=1S/C9H6BrN3O/c10-7-1-2-8(11-4-7)9-6(5-14)3-12-13-9/h1-5H,(H,12,13).